The van der Waals surface area contributed by atoms with Crippen molar-refractivity contribution >= 4 is 10.9 Å². The molecule has 0 spiro atoms. The Balaban J connectivity index is 1.45. The van der Waals surface area contributed by atoms with E-state index in [2.05, 4.69) is 34.6 Å². The molecule has 0 saturated heterocycles. The lowest BCUT2D eigenvalue weighted by molar-refractivity contribution is 0.351. The second-order valence-electron chi connectivity index (χ2n) is 6.06. The van der Waals surface area contributed by atoms with E-state index < -0.39 is 0 Å². The van der Waals surface area contributed by atoms with Crippen LogP contribution in [0.5, 0.6) is 0 Å². The number of hydrogen-bond acceptors (Lipinski definition) is 1. The van der Waals surface area contributed by atoms with Crippen molar-refractivity contribution in [3.8, 4) is 0 Å². The van der Waals surface area contributed by atoms with E-state index in [-0.39, 0.29) is 0 Å². The molecule has 1 aromatic carbocycles. The average Bonchev–Trinajstić information content (AvgIpc) is 3.11. The first kappa shape index (κ1) is 10.6. The van der Waals surface area contributed by atoms with Crippen LogP contribution in [0.2, 0.25) is 0 Å². The highest BCUT2D eigenvalue weighted by molar-refractivity contribution is 5.79. The summed E-state index contributed by atoms with van der Waals surface area (Å²) in [7, 11) is 0. The highest BCUT2D eigenvalue weighted by Crippen LogP contribution is 2.44. The number of aromatic nitrogens is 1. The van der Waals surface area contributed by atoms with Crippen LogP contribution in [0.4, 0.5) is 0 Å². The van der Waals surface area contributed by atoms with E-state index in [1.807, 2.05) is 6.20 Å². The molecule has 3 unspecified atom stereocenters. The Morgan fingerprint density at radius 2 is 2.17 bits per heavy atom. The van der Waals surface area contributed by atoms with Crippen molar-refractivity contribution in [2.75, 3.05) is 0 Å². The van der Waals surface area contributed by atoms with E-state index in [1.165, 1.54) is 42.1 Å². The predicted octanol–water partition coefficient (Wildman–Crippen LogP) is 3.45. The molecule has 2 nitrogen and oxygen atoms in total. The van der Waals surface area contributed by atoms with E-state index in [0.717, 1.165) is 24.4 Å². The van der Waals surface area contributed by atoms with Gasteiger partial charge < -0.3 is 10.3 Å². The van der Waals surface area contributed by atoms with Gasteiger partial charge in [-0.25, -0.2) is 0 Å². The van der Waals surface area contributed by atoms with Crippen LogP contribution in [-0.4, -0.2) is 11.0 Å². The Labute approximate surface area is 108 Å². The third kappa shape index (κ3) is 1.76. The van der Waals surface area contributed by atoms with Crippen LogP contribution in [0.15, 0.2) is 30.5 Å². The average molecular weight is 240 g/mol. The van der Waals surface area contributed by atoms with Gasteiger partial charge in [0.25, 0.3) is 0 Å². The maximum Gasteiger partial charge on any atom is 0.0457 e. The third-order valence-corrected chi connectivity index (χ3v) is 4.93. The largest absolute Gasteiger partial charge is 0.361 e. The quantitative estimate of drug-likeness (QED) is 0.845. The van der Waals surface area contributed by atoms with Crippen LogP contribution in [0.3, 0.4) is 0 Å². The number of H-pyrrole nitrogens is 1. The molecular formula is C16H20N2. The first-order valence-corrected chi connectivity index (χ1v) is 7.18. The SMILES string of the molecule is c1cc2ccc(CNC3CC4CCC3C4)cc2[nH]1. The van der Waals surface area contributed by atoms with Crippen LogP contribution < -0.4 is 5.32 Å². The van der Waals surface area contributed by atoms with E-state index in [1.54, 1.807) is 0 Å². The van der Waals surface area contributed by atoms with Gasteiger partial charge in [0, 0.05) is 24.3 Å². The summed E-state index contributed by atoms with van der Waals surface area (Å²) < 4.78 is 0. The van der Waals surface area contributed by atoms with E-state index >= 15 is 0 Å². The van der Waals surface area contributed by atoms with Gasteiger partial charge in [-0.3, -0.25) is 0 Å². The lowest BCUT2D eigenvalue weighted by Crippen LogP contribution is -2.33. The molecule has 0 radical (unpaired) electrons. The lowest BCUT2D eigenvalue weighted by Gasteiger charge is -2.23. The molecule has 94 valence electrons. The van der Waals surface area contributed by atoms with Gasteiger partial charge in [0.15, 0.2) is 0 Å². The van der Waals surface area contributed by atoms with Crippen LogP contribution in [0, 0.1) is 11.8 Å². The van der Waals surface area contributed by atoms with Crippen molar-refractivity contribution in [3.63, 3.8) is 0 Å². The first-order valence-electron chi connectivity index (χ1n) is 7.18. The Morgan fingerprint density at radius 3 is 3.00 bits per heavy atom. The molecule has 2 aliphatic carbocycles. The Kier molecular flexibility index (Phi) is 2.44. The van der Waals surface area contributed by atoms with Crippen molar-refractivity contribution < 1.29 is 0 Å². The number of hydrogen-bond donors (Lipinski definition) is 2. The molecule has 2 bridgehead atoms. The molecule has 4 rings (SSSR count). The first-order chi connectivity index (χ1) is 8.88. The minimum absolute atomic E-state index is 0.781. The molecule has 0 amide bonds. The Hall–Kier alpha value is -1.28. The molecule has 2 saturated carbocycles. The van der Waals surface area contributed by atoms with Crippen molar-refractivity contribution in [3.05, 3.63) is 36.0 Å². The lowest BCUT2D eigenvalue weighted by atomic mass is 9.95. The van der Waals surface area contributed by atoms with E-state index in [0.29, 0.717) is 0 Å². The number of nitrogens with one attached hydrogen (secondary N) is 2. The summed E-state index contributed by atoms with van der Waals surface area (Å²) in [5, 5.41) is 5.08. The highest BCUT2D eigenvalue weighted by atomic mass is 14.9. The van der Waals surface area contributed by atoms with Gasteiger partial charge in [0.1, 0.15) is 0 Å². The zero-order chi connectivity index (χ0) is 11.9. The van der Waals surface area contributed by atoms with E-state index in [4.69, 9.17) is 0 Å². The zero-order valence-electron chi connectivity index (χ0n) is 10.7. The number of benzene rings is 1. The third-order valence-electron chi connectivity index (χ3n) is 4.93. The molecule has 3 atom stereocenters. The number of aromatic amines is 1. The summed E-state index contributed by atoms with van der Waals surface area (Å²) in [4.78, 5) is 3.29. The molecule has 0 aliphatic heterocycles. The topological polar surface area (TPSA) is 27.8 Å². The second-order valence-corrected chi connectivity index (χ2v) is 6.06. The zero-order valence-corrected chi connectivity index (χ0v) is 10.7. The molecule has 2 heteroatoms. The normalized spacial score (nSPS) is 30.3. The molecule has 2 fully saturated rings. The van der Waals surface area contributed by atoms with Crippen LogP contribution >= 0.6 is 0 Å². The monoisotopic (exact) mass is 240 g/mol. The van der Waals surface area contributed by atoms with Crippen molar-refractivity contribution in [2.24, 2.45) is 11.8 Å². The van der Waals surface area contributed by atoms with Crippen LogP contribution in [0.1, 0.15) is 31.2 Å². The summed E-state index contributed by atoms with van der Waals surface area (Å²) in [6, 6.07) is 9.64. The van der Waals surface area contributed by atoms with Crippen molar-refractivity contribution in [1.29, 1.82) is 0 Å². The van der Waals surface area contributed by atoms with Gasteiger partial charge >= 0.3 is 0 Å². The summed E-state index contributed by atoms with van der Waals surface area (Å²) in [5.74, 6) is 1.99. The Morgan fingerprint density at radius 1 is 1.17 bits per heavy atom. The molecular weight excluding hydrogens is 220 g/mol. The summed E-state index contributed by atoms with van der Waals surface area (Å²) in [6.45, 7) is 1.02. The summed E-state index contributed by atoms with van der Waals surface area (Å²) >= 11 is 0. The second kappa shape index (κ2) is 4.13. The fourth-order valence-electron chi connectivity index (χ4n) is 3.95. The molecule has 18 heavy (non-hydrogen) atoms. The van der Waals surface area contributed by atoms with Gasteiger partial charge in [-0.05, 0) is 54.2 Å². The summed E-state index contributed by atoms with van der Waals surface area (Å²) in [6.07, 6.45) is 7.84. The fraction of sp³-hybridized carbons (Fsp3) is 0.500. The maximum absolute atomic E-state index is 3.77. The van der Waals surface area contributed by atoms with Crippen molar-refractivity contribution in [1.82, 2.24) is 10.3 Å². The molecule has 2 N–H and O–H groups in total. The standard InChI is InChI=1S/C16H20N2/c1-4-14-7-11(1)8-16(14)18-10-12-2-3-13-5-6-17-15(13)9-12/h2-3,5-6,9,11,14,16-18H,1,4,7-8,10H2. The molecule has 1 heterocycles. The molecule has 1 aromatic heterocycles. The van der Waals surface area contributed by atoms with Gasteiger partial charge in [0.2, 0.25) is 0 Å². The fourth-order valence-corrected chi connectivity index (χ4v) is 3.95. The highest BCUT2D eigenvalue weighted by Gasteiger charge is 2.38. The maximum atomic E-state index is 3.77. The molecule has 2 aliphatic rings. The number of rotatable bonds is 3. The smallest absolute Gasteiger partial charge is 0.0457 e. The van der Waals surface area contributed by atoms with Crippen molar-refractivity contribution in [2.45, 2.75) is 38.3 Å². The van der Waals surface area contributed by atoms with Crippen LogP contribution in [0.25, 0.3) is 10.9 Å². The van der Waals surface area contributed by atoms with Gasteiger partial charge in [0.05, 0.1) is 0 Å². The van der Waals surface area contributed by atoms with Gasteiger partial charge in [-0.15, -0.1) is 0 Å². The minimum atomic E-state index is 0.781. The van der Waals surface area contributed by atoms with Crippen LogP contribution in [-0.2, 0) is 6.54 Å². The molecule has 2 aromatic rings. The summed E-state index contributed by atoms with van der Waals surface area (Å²) in [5.41, 5.74) is 2.65. The van der Waals surface area contributed by atoms with Gasteiger partial charge in [-0.2, -0.15) is 0 Å². The predicted molar refractivity (Wildman–Crippen MR) is 74.4 cm³/mol. The van der Waals surface area contributed by atoms with E-state index in [9.17, 15) is 0 Å². The minimum Gasteiger partial charge on any atom is -0.361 e. The Bertz CT molecular complexity index is 557. The number of fused-ring (bicyclic) bond motifs is 3. The van der Waals surface area contributed by atoms with Gasteiger partial charge in [-0.1, -0.05) is 18.6 Å².